The van der Waals surface area contributed by atoms with Gasteiger partial charge >= 0.3 is 6.18 Å². The number of fused-ring (bicyclic) bond motifs is 1. The van der Waals surface area contributed by atoms with Gasteiger partial charge < -0.3 is 10.2 Å². The van der Waals surface area contributed by atoms with Gasteiger partial charge in [0.15, 0.2) is 0 Å². The van der Waals surface area contributed by atoms with Crippen molar-refractivity contribution < 1.29 is 13.2 Å². The average Bonchev–Trinajstić information content (AvgIpc) is 2.81. The fraction of sp³-hybridized carbons (Fsp3) is 0.348. The van der Waals surface area contributed by atoms with E-state index in [1.807, 2.05) is 18.2 Å². The van der Waals surface area contributed by atoms with Crippen LogP contribution in [0, 0.1) is 11.3 Å². The average molecular weight is 440 g/mol. The second-order valence-electron chi connectivity index (χ2n) is 7.71. The number of rotatable bonds is 6. The highest BCUT2D eigenvalue weighted by Gasteiger charge is 2.32. The summed E-state index contributed by atoms with van der Waals surface area (Å²) in [6.45, 7) is 5.62. The number of hydrogen-bond donors (Lipinski definition) is 1. The molecule has 0 aliphatic carbocycles. The normalized spacial score (nSPS) is 15.1. The molecule has 0 spiro atoms. The van der Waals surface area contributed by atoms with Crippen molar-refractivity contribution in [1.29, 1.82) is 5.26 Å². The van der Waals surface area contributed by atoms with Gasteiger partial charge in [-0.05, 0) is 35.9 Å². The third-order valence-corrected chi connectivity index (χ3v) is 5.55. The van der Waals surface area contributed by atoms with Gasteiger partial charge in [-0.1, -0.05) is 12.1 Å². The van der Waals surface area contributed by atoms with E-state index in [2.05, 4.69) is 31.2 Å². The van der Waals surface area contributed by atoms with E-state index in [-0.39, 0.29) is 0 Å². The number of pyridine rings is 2. The number of alkyl halides is 3. The van der Waals surface area contributed by atoms with Gasteiger partial charge in [-0.3, -0.25) is 4.90 Å². The number of nitriles is 1. The Labute approximate surface area is 184 Å². The van der Waals surface area contributed by atoms with Crippen molar-refractivity contribution in [1.82, 2.24) is 20.2 Å². The summed E-state index contributed by atoms with van der Waals surface area (Å²) in [7, 11) is 0. The third kappa shape index (κ3) is 5.15. The molecule has 1 aliphatic heterocycles. The predicted octanol–water partition coefficient (Wildman–Crippen LogP) is 3.43. The van der Waals surface area contributed by atoms with E-state index >= 15 is 0 Å². The van der Waals surface area contributed by atoms with Crippen LogP contribution >= 0.6 is 0 Å². The number of aromatic nitrogens is 2. The molecule has 6 nitrogen and oxygen atoms in total. The van der Waals surface area contributed by atoms with Gasteiger partial charge in [0.25, 0.3) is 0 Å². The summed E-state index contributed by atoms with van der Waals surface area (Å²) in [4.78, 5) is 12.6. The molecule has 3 aromatic rings. The van der Waals surface area contributed by atoms with E-state index < -0.39 is 11.9 Å². The van der Waals surface area contributed by atoms with Crippen LogP contribution in [-0.4, -0.2) is 54.1 Å². The summed E-state index contributed by atoms with van der Waals surface area (Å²) in [5, 5.41) is 13.0. The fourth-order valence-electron chi connectivity index (χ4n) is 3.85. The van der Waals surface area contributed by atoms with Crippen LogP contribution in [0.3, 0.4) is 0 Å². The summed E-state index contributed by atoms with van der Waals surface area (Å²) in [5.41, 5.74) is 1.15. The standard InChI is InChI=1S/C23H23F3N6/c24-23(25,26)21-5-4-19-20(30-21)6-7-29-22(19)32-12-10-31(11-13-32)9-8-28-16-18-3-1-2-17(14-18)15-27/h1-7,14,28H,8-13,16H2. The zero-order valence-electron chi connectivity index (χ0n) is 17.4. The molecule has 1 N–H and O–H groups in total. The lowest BCUT2D eigenvalue weighted by Gasteiger charge is -2.35. The molecule has 0 radical (unpaired) electrons. The minimum atomic E-state index is -4.46. The number of nitrogens with zero attached hydrogens (tertiary/aromatic N) is 5. The molecule has 1 aliphatic rings. The SMILES string of the molecule is N#Cc1cccc(CNCCN2CCN(c3nccc4nc(C(F)(F)F)ccc34)CC2)c1. The molecule has 32 heavy (non-hydrogen) atoms. The molecule has 0 bridgehead atoms. The third-order valence-electron chi connectivity index (χ3n) is 5.55. The van der Waals surface area contributed by atoms with Crippen LogP contribution in [0.5, 0.6) is 0 Å². The van der Waals surface area contributed by atoms with E-state index in [9.17, 15) is 13.2 Å². The number of benzene rings is 1. The number of piperazine rings is 1. The van der Waals surface area contributed by atoms with Crippen LogP contribution in [0.4, 0.5) is 19.0 Å². The molecule has 0 atom stereocenters. The van der Waals surface area contributed by atoms with Crippen LogP contribution in [-0.2, 0) is 12.7 Å². The minimum Gasteiger partial charge on any atom is -0.353 e. The molecule has 0 saturated carbocycles. The first kappa shape index (κ1) is 22.0. The molecule has 0 amide bonds. The molecular formula is C23H23F3N6. The van der Waals surface area contributed by atoms with Crippen molar-refractivity contribution in [3.63, 3.8) is 0 Å². The van der Waals surface area contributed by atoms with Crippen molar-refractivity contribution in [2.75, 3.05) is 44.2 Å². The monoisotopic (exact) mass is 440 g/mol. The highest BCUT2D eigenvalue weighted by atomic mass is 19.4. The smallest absolute Gasteiger partial charge is 0.353 e. The van der Waals surface area contributed by atoms with Gasteiger partial charge in [-0.25, -0.2) is 9.97 Å². The number of halogens is 3. The Morgan fingerprint density at radius 2 is 1.88 bits per heavy atom. The first-order chi connectivity index (χ1) is 15.4. The summed E-state index contributed by atoms with van der Waals surface area (Å²) in [6.07, 6.45) is -2.95. The Morgan fingerprint density at radius 1 is 1.06 bits per heavy atom. The molecule has 4 rings (SSSR count). The zero-order valence-corrected chi connectivity index (χ0v) is 17.4. The highest BCUT2D eigenvalue weighted by Crippen LogP contribution is 2.31. The quantitative estimate of drug-likeness (QED) is 0.593. The first-order valence-corrected chi connectivity index (χ1v) is 10.4. The lowest BCUT2D eigenvalue weighted by molar-refractivity contribution is -0.140. The van der Waals surface area contributed by atoms with Crippen LogP contribution in [0.1, 0.15) is 16.8 Å². The summed E-state index contributed by atoms with van der Waals surface area (Å²) < 4.78 is 38.9. The molecule has 1 fully saturated rings. The van der Waals surface area contributed by atoms with Crippen LogP contribution in [0.15, 0.2) is 48.7 Å². The van der Waals surface area contributed by atoms with E-state index in [1.54, 1.807) is 6.07 Å². The van der Waals surface area contributed by atoms with Gasteiger partial charge in [-0.2, -0.15) is 18.4 Å². The van der Waals surface area contributed by atoms with Gasteiger partial charge in [0, 0.05) is 57.4 Å². The van der Waals surface area contributed by atoms with Crippen LogP contribution in [0.2, 0.25) is 0 Å². The summed E-state index contributed by atoms with van der Waals surface area (Å²) in [6, 6.07) is 13.7. The van der Waals surface area contributed by atoms with Crippen molar-refractivity contribution >= 4 is 16.7 Å². The molecule has 1 aromatic carbocycles. The number of nitrogens with one attached hydrogen (secondary N) is 1. The fourth-order valence-corrected chi connectivity index (χ4v) is 3.85. The molecule has 9 heteroatoms. The van der Waals surface area contributed by atoms with Gasteiger partial charge in [0.2, 0.25) is 0 Å². The van der Waals surface area contributed by atoms with Crippen molar-refractivity contribution in [3.05, 3.63) is 65.5 Å². The van der Waals surface area contributed by atoms with Crippen molar-refractivity contribution in [2.45, 2.75) is 12.7 Å². The Morgan fingerprint density at radius 3 is 2.62 bits per heavy atom. The van der Waals surface area contributed by atoms with Gasteiger partial charge in [0.05, 0.1) is 17.1 Å². The van der Waals surface area contributed by atoms with E-state index in [0.29, 0.717) is 28.8 Å². The lowest BCUT2D eigenvalue weighted by atomic mass is 10.1. The maximum atomic E-state index is 13.0. The largest absolute Gasteiger partial charge is 0.433 e. The minimum absolute atomic E-state index is 0.303. The van der Waals surface area contributed by atoms with E-state index in [1.165, 1.54) is 18.3 Å². The topological polar surface area (TPSA) is 68.1 Å². The molecule has 3 heterocycles. The highest BCUT2D eigenvalue weighted by molar-refractivity contribution is 5.89. The van der Waals surface area contributed by atoms with Crippen LogP contribution < -0.4 is 10.2 Å². The maximum Gasteiger partial charge on any atom is 0.433 e. The maximum absolute atomic E-state index is 13.0. The summed E-state index contributed by atoms with van der Waals surface area (Å²) >= 11 is 0. The van der Waals surface area contributed by atoms with Crippen molar-refractivity contribution in [2.24, 2.45) is 0 Å². The molecular weight excluding hydrogens is 417 g/mol. The Kier molecular flexibility index (Phi) is 6.53. The second kappa shape index (κ2) is 9.51. The lowest BCUT2D eigenvalue weighted by Crippen LogP contribution is -2.48. The van der Waals surface area contributed by atoms with Gasteiger partial charge in [-0.15, -0.1) is 0 Å². The Balaban J connectivity index is 1.30. The van der Waals surface area contributed by atoms with E-state index in [0.717, 1.165) is 50.9 Å². The number of hydrogen-bond acceptors (Lipinski definition) is 6. The van der Waals surface area contributed by atoms with Gasteiger partial charge in [0.1, 0.15) is 11.5 Å². The Bertz CT molecular complexity index is 1120. The van der Waals surface area contributed by atoms with E-state index in [4.69, 9.17) is 5.26 Å². The number of anilines is 1. The summed E-state index contributed by atoms with van der Waals surface area (Å²) in [5.74, 6) is 0.680. The molecule has 2 aromatic heterocycles. The zero-order chi connectivity index (χ0) is 22.6. The first-order valence-electron chi connectivity index (χ1n) is 10.4. The molecule has 0 unspecified atom stereocenters. The molecule has 1 saturated heterocycles. The predicted molar refractivity (Wildman–Crippen MR) is 116 cm³/mol. The molecule has 166 valence electrons. The van der Waals surface area contributed by atoms with Crippen LogP contribution in [0.25, 0.3) is 10.9 Å². The Hall–Kier alpha value is -3.22. The van der Waals surface area contributed by atoms with Crippen molar-refractivity contribution in [3.8, 4) is 6.07 Å². The second-order valence-corrected chi connectivity index (χ2v) is 7.71.